The van der Waals surface area contributed by atoms with E-state index < -0.39 is 0 Å². The van der Waals surface area contributed by atoms with Crippen molar-refractivity contribution in [2.24, 2.45) is 11.8 Å². The molecule has 0 atom stereocenters. The molecule has 1 aliphatic carbocycles. The van der Waals surface area contributed by atoms with Crippen LogP contribution in [-0.4, -0.2) is 18.6 Å². The van der Waals surface area contributed by atoms with Crippen LogP contribution in [0.4, 0.5) is 11.6 Å². The van der Waals surface area contributed by atoms with E-state index in [1.807, 2.05) is 7.05 Å². The van der Waals surface area contributed by atoms with Gasteiger partial charge < -0.3 is 10.3 Å². The van der Waals surface area contributed by atoms with Crippen LogP contribution in [0, 0.1) is 5.92 Å². The quantitative estimate of drug-likeness (QED) is 0.655. The van der Waals surface area contributed by atoms with Gasteiger partial charge in [0.25, 0.3) is 0 Å². The Bertz CT molecular complexity index is 407. The summed E-state index contributed by atoms with van der Waals surface area (Å²) in [7, 11) is 1.99. The Kier molecular flexibility index (Phi) is 3.97. The van der Waals surface area contributed by atoms with Crippen molar-refractivity contribution in [3.8, 4) is 0 Å². The van der Waals surface area contributed by atoms with E-state index in [0.29, 0.717) is 15.9 Å². The molecule has 2 rings (SSSR count). The largest absolute Gasteiger partial charge is 0.358 e. The summed E-state index contributed by atoms with van der Waals surface area (Å²) in [4.78, 5) is 6.39. The summed E-state index contributed by atoms with van der Waals surface area (Å²) in [6, 6.07) is 1.66. The van der Waals surface area contributed by atoms with Gasteiger partial charge in [-0.05, 0) is 24.8 Å². The van der Waals surface area contributed by atoms with E-state index in [9.17, 15) is 0 Å². The standard InChI is InChI=1S/C11H16Cl2N4/c1-17(6-7-3-2-4-7)11-9(13)5-8(12)10(15-11)16-14/h5,7H,2-4,6,14H2,1H3,(H,15,16). The number of nitrogen functional groups attached to an aromatic ring is 1. The number of nitrogens with one attached hydrogen (secondary N) is 1. The zero-order valence-corrected chi connectivity index (χ0v) is 11.2. The lowest BCUT2D eigenvalue weighted by molar-refractivity contribution is 0.321. The molecule has 0 unspecified atom stereocenters. The molecule has 17 heavy (non-hydrogen) atoms. The highest BCUT2D eigenvalue weighted by Crippen LogP contribution is 2.33. The highest BCUT2D eigenvalue weighted by molar-refractivity contribution is 6.37. The zero-order valence-electron chi connectivity index (χ0n) is 9.71. The highest BCUT2D eigenvalue weighted by atomic mass is 35.5. The molecular formula is C11H16Cl2N4. The Labute approximate surface area is 111 Å². The maximum Gasteiger partial charge on any atom is 0.161 e. The van der Waals surface area contributed by atoms with Crippen molar-refractivity contribution in [3.63, 3.8) is 0 Å². The first-order valence-corrected chi connectivity index (χ1v) is 6.41. The monoisotopic (exact) mass is 274 g/mol. The van der Waals surface area contributed by atoms with Gasteiger partial charge in [0, 0.05) is 13.6 Å². The second-order valence-electron chi connectivity index (χ2n) is 4.45. The molecule has 3 N–H and O–H groups in total. The van der Waals surface area contributed by atoms with Crippen molar-refractivity contribution >= 4 is 34.8 Å². The summed E-state index contributed by atoms with van der Waals surface area (Å²) in [6.45, 7) is 0.971. The lowest BCUT2D eigenvalue weighted by Crippen LogP contribution is -2.30. The van der Waals surface area contributed by atoms with Crippen molar-refractivity contribution in [1.29, 1.82) is 0 Å². The molecule has 1 saturated carbocycles. The van der Waals surface area contributed by atoms with E-state index in [4.69, 9.17) is 29.0 Å². The minimum absolute atomic E-state index is 0.429. The van der Waals surface area contributed by atoms with E-state index in [-0.39, 0.29) is 0 Å². The molecule has 6 heteroatoms. The van der Waals surface area contributed by atoms with Crippen molar-refractivity contribution in [2.45, 2.75) is 19.3 Å². The van der Waals surface area contributed by atoms with Crippen LogP contribution in [0.15, 0.2) is 6.07 Å². The summed E-state index contributed by atoms with van der Waals surface area (Å²) < 4.78 is 0. The van der Waals surface area contributed by atoms with E-state index >= 15 is 0 Å². The normalized spacial score (nSPS) is 15.5. The van der Waals surface area contributed by atoms with Crippen LogP contribution in [0.5, 0.6) is 0 Å². The second-order valence-corrected chi connectivity index (χ2v) is 5.26. The molecule has 0 amide bonds. The Morgan fingerprint density at radius 2 is 2.18 bits per heavy atom. The molecule has 1 aromatic heterocycles. The number of hydrogen-bond donors (Lipinski definition) is 2. The summed E-state index contributed by atoms with van der Waals surface area (Å²) in [5, 5.41) is 0.981. The fourth-order valence-electron chi connectivity index (χ4n) is 1.97. The maximum absolute atomic E-state index is 6.14. The minimum atomic E-state index is 0.429. The molecule has 94 valence electrons. The first-order chi connectivity index (χ1) is 8.11. The van der Waals surface area contributed by atoms with E-state index in [1.54, 1.807) is 6.07 Å². The number of rotatable bonds is 4. The van der Waals surface area contributed by atoms with E-state index in [0.717, 1.165) is 18.3 Å². The van der Waals surface area contributed by atoms with Crippen molar-refractivity contribution < 1.29 is 0 Å². The lowest BCUT2D eigenvalue weighted by atomic mass is 9.85. The third-order valence-electron chi connectivity index (χ3n) is 3.17. The summed E-state index contributed by atoms with van der Waals surface area (Å²) in [6.07, 6.45) is 3.91. The number of halogens is 2. The van der Waals surface area contributed by atoms with Gasteiger partial charge in [-0.3, -0.25) is 0 Å². The second kappa shape index (κ2) is 5.29. The predicted molar refractivity (Wildman–Crippen MR) is 72.7 cm³/mol. The molecule has 0 spiro atoms. The predicted octanol–water partition coefficient (Wildman–Crippen LogP) is 2.91. The number of hydrazine groups is 1. The molecule has 1 fully saturated rings. The number of pyridine rings is 1. The number of anilines is 2. The fourth-order valence-corrected chi connectivity index (χ4v) is 2.53. The van der Waals surface area contributed by atoms with Gasteiger partial charge in [0.2, 0.25) is 0 Å². The summed E-state index contributed by atoms with van der Waals surface area (Å²) >= 11 is 12.1. The van der Waals surface area contributed by atoms with Crippen molar-refractivity contribution in [3.05, 3.63) is 16.1 Å². The Balaban J connectivity index is 2.17. The van der Waals surface area contributed by atoms with Crippen LogP contribution in [0.1, 0.15) is 19.3 Å². The summed E-state index contributed by atoms with van der Waals surface area (Å²) in [5.41, 5.74) is 2.47. The molecule has 4 nitrogen and oxygen atoms in total. The van der Waals surface area contributed by atoms with Crippen LogP contribution >= 0.6 is 23.2 Å². The van der Waals surface area contributed by atoms with Gasteiger partial charge in [-0.1, -0.05) is 29.6 Å². The van der Waals surface area contributed by atoms with Gasteiger partial charge in [0.15, 0.2) is 5.82 Å². The average Bonchev–Trinajstić information content (AvgIpc) is 2.23. The lowest BCUT2D eigenvalue weighted by Gasteiger charge is -2.31. The molecule has 1 aliphatic rings. The fraction of sp³-hybridized carbons (Fsp3) is 0.545. The maximum atomic E-state index is 6.14. The van der Waals surface area contributed by atoms with Gasteiger partial charge >= 0.3 is 0 Å². The molecule has 1 heterocycles. The number of nitrogens with two attached hydrogens (primary N) is 1. The zero-order chi connectivity index (χ0) is 12.4. The Morgan fingerprint density at radius 1 is 1.47 bits per heavy atom. The average molecular weight is 275 g/mol. The van der Waals surface area contributed by atoms with Gasteiger partial charge in [0.05, 0.1) is 10.0 Å². The Hall–Kier alpha value is -0.710. The third-order valence-corrected chi connectivity index (χ3v) is 3.73. The van der Waals surface area contributed by atoms with Gasteiger partial charge in [-0.15, -0.1) is 0 Å². The van der Waals surface area contributed by atoms with Crippen LogP contribution in [-0.2, 0) is 0 Å². The van der Waals surface area contributed by atoms with Gasteiger partial charge in [-0.25, -0.2) is 10.8 Å². The molecule has 0 aliphatic heterocycles. The first-order valence-electron chi connectivity index (χ1n) is 5.65. The van der Waals surface area contributed by atoms with Crippen molar-refractivity contribution in [2.75, 3.05) is 23.9 Å². The number of hydrogen-bond acceptors (Lipinski definition) is 4. The van der Waals surface area contributed by atoms with E-state index in [1.165, 1.54) is 19.3 Å². The van der Waals surface area contributed by atoms with Gasteiger partial charge in [-0.2, -0.15) is 0 Å². The number of nitrogens with zero attached hydrogens (tertiary/aromatic N) is 2. The highest BCUT2D eigenvalue weighted by Gasteiger charge is 2.21. The molecule has 1 aromatic rings. The number of aromatic nitrogens is 1. The van der Waals surface area contributed by atoms with Crippen molar-refractivity contribution in [1.82, 2.24) is 4.98 Å². The third kappa shape index (κ3) is 2.76. The van der Waals surface area contributed by atoms with Crippen LogP contribution in [0.25, 0.3) is 0 Å². The van der Waals surface area contributed by atoms with Crippen LogP contribution in [0.3, 0.4) is 0 Å². The molecule has 0 saturated heterocycles. The Morgan fingerprint density at radius 3 is 2.71 bits per heavy atom. The summed E-state index contributed by atoms with van der Waals surface area (Å²) in [5.74, 6) is 7.27. The molecular weight excluding hydrogens is 259 g/mol. The van der Waals surface area contributed by atoms with Crippen LogP contribution < -0.4 is 16.2 Å². The molecule has 0 aromatic carbocycles. The van der Waals surface area contributed by atoms with Gasteiger partial charge in [0.1, 0.15) is 5.82 Å². The minimum Gasteiger partial charge on any atom is -0.358 e. The molecule has 0 radical (unpaired) electrons. The first kappa shape index (κ1) is 12.7. The SMILES string of the molecule is CN(CC1CCC1)c1nc(NN)c(Cl)cc1Cl. The van der Waals surface area contributed by atoms with E-state index in [2.05, 4.69) is 15.3 Å². The van der Waals surface area contributed by atoms with Crippen LogP contribution in [0.2, 0.25) is 10.0 Å². The smallest absolute Gasteiger partial charge is 0.161 e. The molecule has 0 bridgehead atoms. The topological polar surface area (TPSA) is 54.2 Å².